The molecule has 100 valence electrons. The summed E-state index contributed by atoms with van der Waals surface area (Å²) in [4.78, 5) is 12.6. The molecule has 0 radical (unpaired) electrons. The maximum atomic E-state index is 5.53. The molecule has 2 aromatic heterocycles. The van der Waals surface area contributed by atoms with E-state index in [-0.39, 0.29) is 0 Å². The fourth-order valence-electron chi connectivity index (χ4n) is 1.60. The van der Waals surface area contributed by atoms with Crippen molar-refractivity contribution in [1.29, 1.82) is 0 Å². The van der Waals surface area contributed by atoms with Gasteiger partial charge < -0.3 is 10.1 Å². The van der Waals surface area contributed by atoms with Gasteiger partial charge in [-0.05, 0) is 31.0 Å². The minimum Gasteiger partial charge on any atom is -0.478 e. The number of nitrogens with one attached hydrogen (secondary N) is 1. The Balaban J connectivity index is 2.01. The van der Waals surface area contributed by atoms with Crippen LogP contribution in [0.2, 0.25) is 0 Å². The molecule has 0 bridgehead atoms. The average molecular weight is 258 g/mol. The fraction of sp³-hybridized carbons (Fsp3) is 0.357. The monoisotopic (exact) mass is 258 g/mol. The second-order valence-corrected chi connectivity index (χ2v) is 4.20. The molecule has 0 amide bonds. The van der Waals surface area contributed by atoms with Crippen LogP contribution < -0.4 is 10.1 Å². The highest BCUT2D eigenvalue weighted by atomic mass is 16.5. The Bertz CT molecular complexity index is 516. The van der Waals surface area contributed by atoms with Gasteiger partial charge in [0.1, 0.15) is 11.6 Å². The minimum atomic E-state index is 0.617. The highest BCUT2D eigenvalue weighted by Gasteiger charge is 2.02. The van der Waals surface area contributed by atoms with Gasteiger partial charge in [-0.1, -0.05) is 6.92 Å². The lowest BCUT2D eigenvalue weighted by Crippen LogP contribution is -2.05. The van der Waals surface area contributed by atoms with Gasteiger partial charge in [0.2, 0.25) is 5.88 Å². The van der Waals surface area contributed by atoms with E-state index in [0.29, 0.717) is 24.9 Å². The summed E-state index contributed by atoms with van der Waals surface area (Å²) < 4.78 is 5.53. The molecule has 0 saturated heterocycles. The van der Waals surface area contributed by atoms with Crippen LogP contribution in [0.5, 0.6) is 5.88 Å². The molecule has 0 aliphatic heterocycles. The number of pyridine rings is 1. The second kappa shape index (κ2) is 6.68. The van der Waals surface area contributed by atoms with E-state index in [9.17, 15) is 0 Å². The van der Waals surface area contributed by atoms with E-state index >= 15 is 0 Å². The van der Waals surface area contributed by atoms with Crippen LogP contribution in [0.15, 0.2) is 30.6 Å². The van der Waals surface area contributed by atoms with E-state index < -0.39 is 0 Å². The first-order valence-corrected chi connectivity index (χ1v) is 6.39. The van der Waals surface area contributed by atoms with Gasteiger partial charge in [-0.3, -0.25) is 4.98 Å². The van der Waals surface area contributed by atoms with Crippen molar-refractivity contribution in [3.05, 3.63) is 42.0 Å². The minimum absolute atomic E-state index is 0.617. The normalized spacial score (nSPS) is 10.2. The van der Waals surface area contributed by atoms with Gasteiger partial charge in [-0.25, -0.2) is 4.98 Å². The molecule has 5 heteroatoms. The Morgan fingerprint density at radius 1 is 1.21 bits per heavy atom. The van der Waals surface area contributed by atoms with Crippen molar-refractivity contribution < 1.29 is 4.74 Å². The summed E-state index contributed by atoms with van der Waals surface area (Å²) in [6.07, 6.45) is 4.51. The summed E-state index contributed by atoms with van der Waals surface area (Å²) in [7, 11) is 0. The summed E-state index contributed by atoms with van der Waals surface area (Å²) in [5, 5.41) is 3.26. The summed E-state index contributed by atoms with van der Waals surface area (Å²) in [5.41, 5.74) is 1.15. The molecular weight excluding hydrogens is 240 g/mol. The number of aromatic nitrogens is 3. The van der Waals surface area contributed by atoms with Crippen LogP contribution in [0.4, 0.5) is 5.82 Å². The molecule has 2 aromatic rings. The van der Waals surface area contributed by atoms with Crippen molar-refractivity contribution in [3.8, 4) is 5.88 Å². The van der Waals surface area contributed by atoms with Gasteiger partial charge in [-0.2, -0.15) is 4.98 Å². The molecule has 0 saturated carbocycles. The van der Waals surface area contributed by atoms with Gasteiger partial charge in [0.05, 0.1) is 6.61 Å². The van der Waals surface area contributed by atoms with Crippen molar-refractivity contribution in [2.45, 2.75) is 26.8 Å². The van der Waals surface area contributed by atoms with Crippen LogP contribution in [0.25, 0.3) is 0 Å². The molecule has 19 heavy (non-hydrogen) atoms. The number of anilines is 1. The van der Waals surface area contributed by atoms with E-state index in [1.54, 1.807) is 12.4 Å². The molecule has 2 heterocycles. The standard InChI is InChI=1S/C14H18N4O/c1-3-8-19-14-9-13(17-11(2)18-14)16-10-12-4-6-15-7-5-12/h4-7,9H,3,8,10H2,1-2H3,(H,16,17,18). The topological polar surface area (TPSA) is 59.9 Å². The Hall–Kier alpha value is -2.17. The Labute approximate surface area is 113 Å². The average Bonchev–Trinajstić information content (AvgIpc) is 2.43. The number of ether oxygens (including phenoxy) is 1. The number of aryl methyl sites for hydroxylation is 1. The predicted molar refractivity (Wildman–Crippen MR) is 74.1 cm³/mol. The Morgan fingerprint density at radius 2 is 2.00 bits per heavy atom. The zero-order valence-electron chi connectivity index (χ0n) is 11.3. The molecule has 0 spiro atoms. The highest BCUT2D eigenvalue weighted by molar-refractivity contribution is 5.39. The van der Waals surface area contributed by atoms with E-state index in [0.717, 1.165) is 17.8 Å². The smallest absolute Gasteiger partial charge is 0.218 e. The van der Waals surface area contributed by atoms with Crippen LogP contribution in [0, 0.1) is 6.92 Å². The lowest BCUT2D eigenvalue weighted by molar-refractivity contribution is 0.304. The first-order chi connectivity index (χ1) is 9.28. The molecule has 0 aromatic carbocycles. The number of nitrogens with zero attached hydrogens (tertiary/aromatic N) is 3. The van der Waals surface area contributed by atoms with Crippen molar-refractivity contribution in [2.75, 3.05) is 11.9 Å². The Kier molecular flexibility index (Phi) is 4.66. The largest absolute Gasteiger partial charge is 0.478 e. The fourth-order valence-corrected chi connectivity index (χ4v) is 1.60. The zero-order chi connectivity index (χ0) is 13.5. The summed E-state index contributed by atoms with van der Waals surface area (Å²) in [6, 6.07) is 5.76. The maximum Gasteiger partial charge on any atom is 0.218 e. The highest BCUT2D eigenvalue weighted by Crippen LogP contribution is 2.14. The molecule has 2 rings (SSSR count). The molecule has 1 N–H and O–H groups in total. The number of rotatable bonds is 6. The van der Waals surface area contributed by atoms with Crippen LogP contribution in [0.3, 0.4) is 0 Å². The second-order valence-electron chi connectivity index (χ2n) is 4.20. The molecule has 0 unspecified atom stereocenters. The van der Waals surface area contributed by atoms with E-state index in [4.69, 9.17) is 4.74 Å². The molecule has 0 fully saturated rings. The third kappa shape index (κ3) is 4.21. The molecule has 0 atom stereocenters. The first kappa shape index (κ1) is 13.3. The lowest BCUT2D eigenvalue weighted by Gasteiger charge is -2.09. The SMILES string of the molecule is CCCOc1cc(NCc2ccncc2)nc(C)n1. The predicted octanol–water partition coefficient (Wildman–Crippen LogP) is 2.58. The van der Waals surface area contributed by atoms with Crippen molar-refractivity contribution in [1.82, 2.24) is 15.0 Å². The molecule has 0 aliphatic carbocycles. The van der Waals surface area contributed by atoms with Gasteiger partial charge in [0.15, 0.2) is 0 Å². The van der Waals surface area contributed by atoms with E-state index in [1.807, 2.05) is 25.1 Å². The van der Waals surface area contributed by atoms with Crippen molar-refractivity contribution in [2.24, 2.45) is 0 Å². The number of hydrogen-bond acceptors (Lipinski definition) is 5. The third-order valence-corrected chi connectivity index (χ3v) is 2.49. The number of hydrogen-bond donors (Lipinski definition) is 1. The first-order valence-electron chi connectivity index (χ1n) is 6.39. The van der Waals surface area contributed by atoms with Crippen LogP contribution in [0.1, 0.15) is 24.7 Å². The summed E-state index contributed by atoms with van der Waals surface area (Å²) in [5.74, 6) is 2.09. The zero-order valence-corrected chi connectivity index (χ0v) is 11.3. The van der Waals surface area contributed by atoms with Gasteiger partial charge in [0, 0.05) is 25.0 Å². The van der Waals surface area contributed by atoms with Crippen molar-refractivity contribution >= 4 is 5.82 Å². The summed E-state index contributed by atoms with van der Waals surface area (Å²) in [6.45, 7) is 5.29. The van der Waals surface area contributed by atoms with Crippen LogP contribution in [-0.4, -0.2) is 21.6 Å². The van der Waals surface area contributed by atoms with Crippen LogP contribution in [-0.2, 0) is 6.54 Å². The molecular formula is C14H18N4O. The van der Waals surface area contributed by atoms with Crippen LogP contribution >= 0.6 is 0 Å². The van der Waals surface area contributed by atoms with Crippen molar-refractivity contribution in [3.63, 3.8) is 0 Å². The van der Waals surface area contributed by atoms with Gasteiger partial charge in [0.25, 0.3) is 0 Å². The third-order valence-electron chi connectivity index (χ3n) is 2.49. The quantitative estimate of drug-likeness (QED) is 0.863. The molecule has 5 nitrogen and oxygen atoms in total. The van der Waals surface area contributed by atoms with E-state index in [1.165, 1.54) is 0 Å². The van der Waals surface area contributed by atoms with E-state index in [2.05, 4.69) is 27.2 Å². The lowest BCUT2D eigenvalue weighted by atomic mass is 10.3. The Morgan fingerprint density at radius 3 is 2.74 bits per heavy atom. The van der Waals surface area contributed by atoms with Gasteiger partial charge in [-0.15, -0.1) is 0 Å². The summed E-state index contributed by atoms with van der Waals surface area (Å²) >= 11 is 0. The maximum absolute atomic E-state index is 5.53. The molecule has 0 aliphatic rings. The van der Waals surface area contributed by atoms with Gasteiger partial charge >= 0.3 is 0 Å².